The minimum atomic E-state index is -1.31. The summed E-state index contributed by atoms with van der Waals surface area (Å²) < 4.78 is 8.97. The summed E-state index contributed by atoms with van der Waals surface area (Å²) in [5.74, 6) is -0.445. The third-order valence-corrected chi connectivity index (χ3v) is 5.94. The zero-order chi connectivity index (χ0) is 19.9. The summed E-state index contributed by atoms with van der Waals surface area (Å²) in [6, 6.07) is 0. The molecule has 2 aliphatic rings. The van der Waals surface area contributed by atoms with Gasteiger partial charge in [-0.2, -0.15) is 0 Å². The van der Waals surface area contributed by atoms with Crippen LogP contribution >= 0.6 is 15.9 Å². The molecule has 3 atom stereocenters. The maximum absolute atomic E-state index is 12.6. The molecule has 0 unspecified atom stereocenters. The summed E-state index contributed by atoms with van der Waals surface area (Å²) in [6.07, 6.45) is 15.3. The number of carbonyl (C=O) groups is 2. The molecule has 1 aliphatic heterocycles. The van der Waals surface area contributed by atoms with Crippen molar-refractivity contribution >= 4 is 27.7 Å². The van der Waals surface area contributed by atoms with Crippen LogP contribution in [0.15, 0.2) is 36.0 Å². The van der Waals surface area contributed by atoms with Gasteiger partial charge in [-0.1, -0.05) is 50.1 Å². The molecule has 1 saturated heterocycles. The molecule has 2 fully saturated rings. The molecule has 0 radical (unpaired) electrons. The Bertz CT molecular complexity index is 638. The number of fused-ring (bicyclic) bond motifs is 1. The molecule has 2 rings (SSSR count). The van der Waals surface area contributed by atoms with Gasteiger partial charge in [0.15, 0.2) is 0 Å². The molecule has 27 heavy (non-hydrogen) atoms. The number of halogens is 1. The number of aliphatic hydroxyl groups is 1. The highest BCUT2D eigenvalue weighted by Crippen LogP contribution is 2.60. The van der Waals surface area contributed by atoms with Gasteiger partial charge in [-0.05, 0) is 41.6 Å². The van der Waals surface area contributed by atoms with Crippen LogP contribution in [0.5, 0.6) is 0 Å². The van der Waals surface area contributed by atoms with Crippen LogP contribution in [-0.4, -0.2) is 40.2 Å². The molecule has 6 heteroatoms. The topological polar surface area (TPSA) is 76.1 Å². The average Bonchev–Trinajstić information content (AvgIpc) is 3.33. The van der Waals surface area contributed by atoms with Crippen molar-refractivity contribution in [1.82, 2.24) is 0 Å². The number of hydrogen-bond donors (Lipinski definition) is 1. The van der Waals surface area contributed by atoms with Gasteiger partial charge in [-0.3, -0.25) is 9.59 Å². The van der Waals surface area contributed by atoms with Gasteiger partial charge < -0.3 is 14.6 Å². The van der Waals surface area contributed by atoms with Gasteiger partial charge in [0.1, 0.15) is 11.7 Å². The van der Waals surface area contributed by atoms with Crippen LogP contribution in [0.2, 0.25) is 0 Å². The molecule has 1 saturated carbocycles. The number of rotatable bonds is 11. The Balaban J connectivity index is 1.95. The molecular formula is C21H29BrO5. The number of Topliss-reactive ketones (excluding diaryl/α,β-unsaturated/α-hetero) is 1. The number of esters is 1. The summed E-state index contributed by atoms with van der Waals surface area (Å²) in [4.78, 5) is 23.7. The van der Waals surface area contributed by atoms with E-state index in [4.69, 9.17) is 4.74 Å². The molecule has 1 N–H and O–H groups in total. The van der Waals surface area contributed by atoms with Crippen molar-refractivity contribution < 1.29 is 24.2 Å². The van der Waals surface area contributed by atoms with Crippen LogP contribution in [0, 0.1) is 0 Å². The molecular weight excluding hydrogens is 412 g/mol. The Morgan fingerprint density at radius 2 is 2.00 bits per heavy atom. The predicted molar refractivity (Wildman–Crippen MR) is 107 cm³/mol. The second-order valence-electron chi connectivity index (χ2n) is 7.04. The highest BCUT2D eigenvalue weighted by atomic mass is 79.9. The average molecular weight is 441 g/mol. The number of methoxy groups -OCH3 is 1. The van der Waals surface area contributed by atoms with Crippen LogP contribution in [0.3, 0.4) is 0 Å². The second kappa shape index (κ2) is 9.80. The lowest BCUT2D eigenvalue weighted by Crippen LogP contribution is -2.35. The van der Waals surface area contributed by atoms with Crippen LogP contribution in [-0.2, 0) is 19.1 Å². The number of hydrogen-bond acceptors (Lipinski definition) is 5. The first-order valence-corrected chi connectivity index (χ1v) is 10.4. The summed E-state index contributed by atoms with van der Waals surface area (Å²) in [5, 5.41) is 11.1. The molecule has 0 aromatic heterocycles. The molecule has 1 aliphatic carbocycles. The number of epoxide rings is 1. The first-order chi connectivity index (χ1) is 12.9. The second-order valence-corrected chi connectivity index (χ2v) is 8.22. The highest BCUT2D eigenvalue weighted by molar-refractivity contribution is 9.10. The van der Waals surface area contributed by atoms with Crippen molar-refractivity contribution in [2.45, 2.75) is 74.5 Å². The van der Waals surface area contributed by atoms with E-state index >= 15 is 0 Å². The van der Waals surface area contributed by atoms with Crippen LogP contribution in [0.1, 0.15) is 58.3 Å². The summed E-state index contributed by atoms with van der Waals surface area (Å²) in [5.41, 5.74) is -0.934. The Morgan fingerprint density at radius 1 is 1.26 bits per heavy atom. The van der Waals surface area contributed by atoms with E-state index in [2.05, 4.69) is 33.7 Å². The molecule has 0 bridgehead atoms. The minimum Gasteiger partial charge on any atom is -0.469 e. The monoisotopic (exact) mass is 440 g/mol. The Hall–Kier alpha value is -1.24. The molecule has 0 amide bonds. The molecule has 0 aromatic rings. The normalized spacial score (nSPS) is 31.2. The lowest BCUT2D eigenvalue weighted by Gasteiger charge is -2.23. The summed E-state index contributed by atoms with van der Waals surface area (Å²) in [7, 11) is 1.37. The fourth-order valence-corrected chi connectivity index (χ4v) is 4.07. The molecule has 150 valence electrons. The third kappa shape index (κ3) is 5.18. The van der Waals surface area contributed by atoms with Gasteiger partial charge in [0.25, 0.3) is 0 Å². The third-order valence-electron chi connectivity index (χ3n) is 4.97. The van der Waals surface area contributed by atoms with Crippen molar-refractivity contribution in [2.75, 3.05) is 7.11 Å². The SMILES string of the molecule is CCCCC/C=C\C[C@]1(O)/C(=C\C=C/CCCC(=O)OC)C(=O)[C@]2(Br)O[C@H]21. The number of alkyl halides is 1. The number of carbonyl (C=O) groups excluding carboxylic acids is 2. The molecule has 5 nitrogen and oxygen atoms in total. The quantitative estimate of drug-likeness (QED) is 0.130. The van der Waals surface area contributed by atoms with E-state index < -0.39 is 16.2 Å². The van der Waals surface area contributed by atoms with Crippen molar-refractivity contribution in [1.29, 1.82) is 0 Å². The minimum absolute atomic E-state index is 0.214. The van der Waals surface area contributed by atoms with Crippen molar-refractivity contribution in [3.05, 3.63) is 36.0 Å². The zero-order valence-corrected chi connectivity index (χ0v) is 17.7. The van der Waals surface area contributed by atoms with Crippen LogP contribution < -0.4 is 0 Å². The van der Waals surface area contributed by atoms with E-state index in [1.54, 1.807) is 12.2 Å². The van der Waals surface area contributed by atoms with Gasteiger partial charge >= 0.3 is 5.97 Å². The summed E-state index contributed by atoms with van der Waals surface area (Å²) in [6.45, 7) is 2.16. The van der Waals surface area contributed by atoms with Crippen molar-refractivity contribution in [3.63, 3.8) is 0 Å². The standard InChI is InChI=1S/C21H29BrO5/c1-3-4-5-6-9-12-15-20(25)16(18(24)21(22)19(20)27-21)13-10-7-8-11-14-17(23)26-2/h7,9-10,12-13,19,25H,3-6,8,11,14-15H2,1-2H3/b10-7-,12-9-,16-13-/t19-,20-,21-/m0/s1. The van der Waals surface area contributed by atoms with E-state index in [-0.39, 0.29) is 11.8 Å². The van der Waals surface area contributed by atoms with E-state index in [9.17, 15) is 14.7 Å². The summed E-state index contributed by atoms with van der Waals surface area (Å²) >= 11 is 3.33. The highest BCUT2D eigenvalue weighted by Gasteiger charge is 2.77. The van der Waals surface area contributed by atoms with Gasteiger partial charge in [-0.15, -0.1) is 0 Å². The number of unbranched alkanes of at least 4 members (excludes halogenated alkanes) is 4. The predicted octanol–water partition coefficient (Wildman–Crippen LogP) is 4.14. The smallest absolute Gasteiger partial charge is 0.305 e. The Labute approximate surface area is 169 Å². The van der Waals surface area contributed by atoms with Gasteiger partial charge in [-0.25, -0.2) is 0 Å². The van der Waals surface area contributed by atoms with Crippen molar-refractivity contribution in [3.8, 4) is 0 Å². The largest absolute Gasteiger partial charge is 0.469 e. The zero-order valence-electron chi connectivity index (χ0n) is 16.1. The first-order valence-electron chi connectivity index (χ1n) is 9.63. The molecule has 1 heterocycles. The Morgan fingerprint density at radius 3 is 2.70 bits per heavy atom. The van der Waals surface area contributed by atoms with E-state index in [1.165, 1.54) is 20.0 Å². The lowest BCUT2D eigenvalue weighted by molar-refractivity contribution is -0.140. The van der Waals surface area contributed by atoms with Gasteiger partial charge in [0, 0.05) is 18.4 Å². The lowest BCUT2D eigenvalue weighted by atomic mass is 9.90. The van der Waals surface area contributed by atoms with E-state index in [0.717, 1.165) is 12.8 Å². The number of ether oxygens (including phenoxy) is 2. The van der Waals surface area contributed by atoms with Crippen LogP contribution in [0.25, 0.3) is 0 Å². The van der Waals surface area contributed by atoms with Crippen LogP contribution in [0.4, 0.5) is 0 Å². The molecule has 0 spiro atoms. The van der Waals surface area contributed by atoms with E-state index in [0.29, 0.717) is 31.3 Å². The van der Waals surface area contributed by atoms with E-state index in [1.807, 2.05) is 12.2 Å². The number of allylic oxidation sites excluding steroid dienone is 4. The van der Waals surface area contributed by atoms with Gasteiger partial charge in [0.2, 0.25) is 10.3 Å². The maximum atomic E-state index is 12.6. The maximum Gasteiger partial charge on any atom is 0.305 e. The first kappa shape index (κ1) is 22.1. The van der Waals surface area contributed by atoms with Crippen molar-refractivity contribution in [2.24, 2.45) is 0 Å². The Kier molecular flexibility index (Phi) is 8.01. The fraction of sp³-hybridized carbons (Fsp3) is 0.619. The molecule has 0 aromatic carbocycles. The number of ketones is 1. The van der Waals surface area contributed by atoms with Gasteiger partial charge in [0.05, 0.1) is 7.11 Å². The fourth-order valence-electron chi connectivity index (χ4n) is 3.29.